The van der Waals surface area contributed by atoms with E-state index in [9.17, 15) is 13.2 Å². The molecule has 0 saturated heterocycles. The summed E-state index contributed by atoms with van der Waals surface area (Å²) in [6.07, 6.45) is 1.94. The Bertz CT molecular complexity index is 921. The van der Waals surface area contributed by atoms with Crippen molar-refractivity contribution in [3.63, 3.8) is 0 Å². The van der Waals surface area contributed by atoms with Crippen LogP contribution in [0.3, 0.4) is 0 Å². The summed E-state index contributed by atoms with van der Waals surface area (Å²) >= 11 is 0. The van der Waals surface area contributed by atoms with Crippen LogP contribution in [0.4, 0.5) is 11.5 Å². The number of aromatic nitrogens is 1. The maximum absolute atomic E-state index is 12.3. The number of hydrogen-bond donors (Lipinski definition) is 0. The topological polar surface area (TPSA) is 88.9 Å². The van der Waals surface area contributed by atoms with Crippen LogP contribution in [0.2, 0.25) is 0 Å². The molecule has 0 aliphatic carbocycles. The van der Waals surface area contributed by atoms with Crippen molar-refractivity contribution in [3.05, 3.63) is 48.2 Å². The van der Waals surface area contributed by atoms with E-state index in [1.54, 1.807) is 35.2 Å². The zero-order valence-electron chi connectivity index (χ0n) is 13.1. The summed E-state index contributed by atoms with van der Waals surface area (Å²) in [7, 11) is -2.45. The second-order valence-electron chi connectivity index (χ2n) is 5.04. The van der Waals surface area contributed by atoms with E-state index in [0.29, 0.717) is 29.3 Å². The molecule has 1 aliphatic rings. The Kier molecular flexibility index (Phi) is 4.06. The number of rotatable bonds is 3. The van der Waals surface area contributed by atoms with Crippen LogP contribution in [0.1, 0.15) is 23.7 Å². The van der Waals surface area contributed by atoms with Crippen LogP contribution in [0, 0.1) is 0 Å². The maximum atomic E-state index is 12.3. The fourth-order valence-corrected chi connectivity index (χ4v) is 3.67. The number of pyridine rings is 1. The standard InChI is InChI=1S/C16H15N3O4S/c1-3-14-18-24(21,22)13-5-4-10-17-15(13)19(14)12-8-6-11(7-9-12)16(20)23-2/h4-10H,3H2,1-2H3. The van der Waals surface area contributed by atoms with Crippen LogP contribution in [-0.4, -0.2) is 32.3 Å². The molecule has 1 aliphatic heterocycles. The van der Waals surface area contributed by atoms with E-state index in [1.807, 2.05) is 6.92 Å². The van der Waals surface area contributed by atoms with Crippen LogP contribution >= 0.6 is 0 Å². The molecule has 24 heavy (non-hydrogen) atoms. The number of benzene rings is 1. The summed E-state index contributed by atoms with van der Waals surface area (Å²) < 4.78 is 33.1. The Morgan fingerprint density at radius 2 is 1.92 bits per heavy atom. The van der Waals surface area contributed by atoms with Gasteiger partial charge in [0, 0.05) is 18.3 Å². The molecular formula is C16H15N3O4S. The number of ether oxygens (including phenoxy) is 1. The predicted molar refractivity (Wildman–Crippen MR) is 89.1 cm³/mol. The molecular weight excluding hydrogens is 330 g/mol. The molecule has 8 heteroatoms. The second-order valence-corrected chi connectivity index (χ2v) is 6.61. The lowest BCUT2D eigenvalue weighted by Crippen LogP contribution is -2.32. The summed E-state index contributed by atoms with van der Waals surface area (Å²) in [5.74, 6) is 0.230. The van der Waals surface area contributed by atoms with Gasteiger partial charge < -0.3 is 4.74 Å². The monoisotopic (exact) mass is 345 g/mol. The average molecular weight is 345 g/mol. The van der Waals surface area contributed by atoms with Crippen molar-refractivity contribution >= 4 is 33.3 Å². The Morgan fingerprint density at radius 1 is 1.21 bits per heavy atom. The second kappa shape index (κ2) is 6.04. The number of nitrogens with zero attached hydrogens (tertiary/aromatic N) is 3. The molecule has 0 fully saturated rings. The molecule has 124 valence electrons. The number of hydrogen-bond acceptors (Lipinski definition) is 6. The van der Waals surface area contributed by atoms with Crippen molar-refractivity contribution in [3.8, 4) is 0 Å². The Hall–Kier alpha value is -2.74. The molecule has 1 aromatic carbocycles. The highest BCUT2D eigenvalue weighted by molar-refractivity contribution is 7.90. The number of esters is 1. The molecule has 0 radical (unpaired) electrons. The maximum Gasteiger partial charge on any atom is 0.337 e. The molecule has 0 spiro atoms. The fourth-order valence-electron chi connectivity index (χ4n) is 2.46. The largest absolute Gasteiger partial charge is 0.465 e. The molecule has 0 atom stereocenters. The highest BCUT2D eigenvalue weighted by Gasteiger charge is 2.32. The summed E-state index contributed by atoms with van der Waals surface area (Å²) in [5.41, 5.74) is 1.07. The van der Waals surface area contributed by atoms with Crippen molar-refractivity contribution < 1.29 is 17.9 Å². The van der Waals surface area contributed by atoms with Crippen LogP contribution < -0.4 is 4.90 Å². The SMILES string of the molecule is CCC1=NS(=O)(=O)c2cccnc2N1c1ccc(C(=O)OC)cc1. The first kappa shape index (κ1) is 16.1. The van der Waals surface area contributed by atoms with Crippen LogP contribution in [0.25, 0.3) is 0 Å². The van der Waals surface area contributed by atoms with E-state index in [-0.39, 0.29) is 4.90 Å². The van der Waals surface area contributed by atoms with Gasteiger partial charge in [-0.3, -0.25) is 4.90 Å². The minimum Gasteiger partial charge on any atom is -0.465 e. The van der Waals surface area contributed by atoms with Gasteiger partial charge in [-0.15, -0.1) is 4.40 Å². The third-order valence-electron chi connectivity index (χ3n) is 3.59. The van der Waals surface area contributed by atoms with Crippen LogP contribution in [-0.2, 0) is 14.8 Å². The van der Waals surface area contributed by atoms with E-state index in [0.717, 1.165) is 0 Å². The average Bonchev–Trinajstić information content (AvgIpc) is 2.61. The fraction of sp³-hybridized carbons (Fsp3) is 0.188. The van der Waals surface area contributed by atoms with E-state index in [4.69, 9.17) is 0 Å². The lowest BCUT2D eigenvalue weighted by molar-refractivity contribution is 0.0601. The number of fused-ring (bicyclic) bond motifs is 1. The van der Waals surface area contributed by atoms with Crippen molar-refractivity contribution in [2.45, 2.75) is 18.2 Å². The minimum absolute atomic E-state index is 0.0549. The van der Waals surface area contributed by atoms with Crippen LogP contribution in [0.15, 0.2) is 51.9 Å². The Balaban J connectivity index is 2.14. The number of carbonyl (C=O) groups is 1. The predicted octanol–water partition coefficient (Wildman–Crippen LogP) is 2.52. The molecule has 7 nitrogen and oxygen atoms in total. The van der Waals surface area contributed by atoms with Crippen LogP contribution in [0.5, 0.6) is 0 Å². The van der Waals surface area contributed by atoms with E-state index >= 15 is 0 Å². The van der Waals surface area contributed by atoms with Gasteiger partial charge in [-0.25, -0.2) is 9.78 Å². The summed E-state index contributed by atoms with van der Waals surface area (Å²) in [5, 5.41) is 0. The van der Waals surface area contributed by atoms with Gasteiger partial charge >= 0.3 is 5.97 Å². The normalized spacial score (nSPS) is 15.4. The molecule has 1 aromatic heterocycles. The molecule has 0 N–H and O–H groups in total. The van der Waals surface area contributed by atoms with Gasteiger partial charge in [-0.1, -0.05) is 6.92 Å². The Morgan fingerprint density at radius 3 is 2.54 bits per heavy atom. The number of methoxy groups -OCH3 is 1. The molecule has 3 rings (SSSR count). The van der Waals surface area contributed by atoms with Gasteiger partial charge in [-0.05, 0) is 36.4 Å². The first-order valence-corrected chi connectivity index (χ1v) is 8.69. The van der Waals surface area contributed by atoms with Gasteiger partial charge in [0.1, 0.15) is 10.7 Å². The smallest absolute Gasteiger partial charge is 0.337 e. The molecule has 0 saturated carbocycles. The van der Waals surface area contributed by atoms with E-state index in [2.05, 4.69) is 14.1 Å². The quantitative estimate of drug-likeness (QED) is 0.794. The minimum atomic E-state index is -3.76. The van der Waals surface area contributed by atoms with Gasteiger partial charge in [0.25, 0.3) is 10.0 Å². The third-order valence-corrected chi connectivity index (χ3v) is 4.91. The van der Waals surface area contributed by atoms with Gasteiger partial charge in [0.05, 0.1) is 12.7 Å². The first-order chi connectivity index (χ1) is 11.5. The molecule has 0 unspecified atom stereocenters. The van der Waals surface area contributed by atoms with E-state index in [1.165, 1.54) is 19.4 Å². The number of carbonyl (C=O) groups excluding carboxylic acids is 1. The summed E-state index contributed by atoms with van der Waals surface area (Å²) in [6, 6.07) is 9.66. The molecule has 0 amide bonds. The zero-order chi connectivity index (χ0) is 17.3. The zero-order valence-corrected chi connectivity index (χ0v) is 13.9. The number of amidine groups is 1. The Labute approximate surface area is 139 Å². The molecule has 2 heterocycles. The molecule has 0 bridgehead atoms. The van der Waals surface area contributed by atoms with Gasteiger partial charge in [-0.2, -0.15) is 8.42 Å². The van der Waals surface area contributed by atoms with Crippen molar-refractivity contribution in [2.24, 2.45) is 4.40 Å². The first-order valence-electron chi connectivity index (χ1n) is 7.25. The van der Waals surface area contributed by atoms with Gasteiger partial charge in [0.15, 0.2) is 5.82 Å². The lowest BCUT2D eigenvalue weighted by Gasteiger charge is -2.29. The number of anilines is 2. The van der Waals surface area contributed by atoms with Gasteiger partial charge in [0.2, 0.25) is 0 Å². The van der Waals surface area contributed by atoms with Crippen molar-refractivity contribution in [1.29, 1.82) is 0 Å². The van der Waals surface area contributed by atoms with Crippen molar-refractivity contribution in [1.82, 2.24) is 4.98 Å². The lowest BCUT2D eigenvalue weighted by atomic mass is 10.2. The number of sulfonamides is 1. The molecule has 2 aromatic rings. The summed E-state index contributed by atoms with van der Waals surface area (Å²) in [6.45, 7) is 1.82. The highest BCUT2D eigenvalue weighted by atomic mass is 32.2. The third kappa shape index (κ3) is 2.65. The summed E-state index contributed by atoms with van der Waals surface area (Å²) in [4.78, 5) is 17.5. The van der Waals surface area contributed by atoms with Crippen molar-refractivity contribution in [2.75, 3.05) is 12.0 Å². The van der Waals surface area contributed by atoms with E-state index < -0.39 is 16.0 Å². The highest BCUT2D eigenvalue weighted by Crippen LogP contribution is 2.35.